The summed E-state index contributed by atoms with van der Waals surface area (Å²) in [6, 6.07) is 5.61. The van der Waals surface area contributed by atoms with Crippen LogP contribution in [0, 0.1) is 0 Å². The van der Waals surface area contributed by atoms with E-state index in [1.165, 1.54) is 0 Å². The van der Waals surface area contributed by atoms with Gasteiger partial charge in [0.2, 0.25) is 0 Å². The zero-order valence-corrected chi connectivity index (χ0v) is 11.0. The summed E-state index contributed by atoms with van der Waals surface area (Å²) in [4.78, 5) is 20.4. The van der Waals surface area contributed by atoms with E-state index in [9.17, 15) is 4.79 Å². The molecule has 0 aromatic carbocycles. The number of amides is 1. The van der Waals surface area contributed by atoms with E-state index in [1.807, 2.05) is 4.90 Å². The molecule has 2 N–H and O–H groups in total. The molecular weight excluding hydrogens is 228 g/mol. The monoisotopic (exact) mass is 248 g/mol. The van der Waals surface area contributed by atoms with Crippen LogP contribution in [0.25, 0.3) is 0 Å². The number of aromatic nitrogens is 1. The minimum Gasteiger partial charge on any atom is -0.384 e. The number of piperidine rings is 1. The summed E-state index contributed by atoms with van der Waals surface area (Å²) in [7, 11) is 4.11. The van der Waals surface area contributed by atoms with E-state index in [1.54, 1.807) is 18.2 Å². The minimum atomic E-state index is -0.0196. The molecule has 0 saturated carbocycles. The van der Waals surface area contributed by atoms with E-state index in [4.69, 9.17) is 5.73 Å². The first kappa shape index (κ1) is 12.8. The normalized spacial score (nSPS) is 20.2. The molecule has 1 aliphatic rings. The zero-order valence-electron chi connectivity index (χ0n) is 11.0. The fourth-order valence-corrected chi connectivity index (χ4v) is 2.29. The Hall–Kier alpha value is -1.62. The van der Waals surface area contributed by atoms with E-state index in [2.05, 4.69) is 24.0 Å². The number of hydrogen-bond acceptors (Lipinski definition) is 4. The van der Waals surface area contributed by atoms with Gasteiger partial charge in [-0.3, -0.25) is 4.79 Å². The Bertz CT molecular complexity index is 433. The molecule has 0 spiro atoms. The van der Waals surface area contributed by atoms with Crippen LogP contribution in [0.2, 0.25) is 0 Å². The third-order valence-corrected chi connectivity index (χ3v) is 3.40. The van der Waals surface area contributed by atoms with Crippen LogP contribution in [-0.4, -0.2) is 53.9 Å². The quantitative estimate of drug-likeness (QED) is 0.842. The molecule has 0 bridgehead atoms. The Labute approximate surface area is 108 Å². The standard InChI is InChI=1S/C13H20N4O/c1-16(2)10-5-4-8-17(9-10)13(18)11-6-3-7-12(14)15-11/h3,6-7,10H,4-5,8-9H2,1-2H3,(H2,14,15)/t10-/m0/s1. The second-order valence-electron chi connectivity index (χ2n) is 4.96. The van der Waals surface area contributed by atoms with E-state index < -0.39 is 0 Å². The first-order valence-electron chi connectivity index (χ1n) is 6.26. The van der Waals surface area contributed by atoms with Crippen molar-refractivity contribution in [3.05, 3.63) is 23.9 Å². The summed E-state index contributed by atoms with van der Waals surface area (Å²) in [5, 5.41) is 0. The Balaban J connectivity index is 2.09. The van der Waals surface area contributed by atoms with Crippen molar-refractivity contribution < 1.29 is 4.79 Å². The van der Waals surface area contributed by atoms with Crippen LogP contribution in [0.3, 0.4) is 0 Å². The van der Waals surface area contributed by atoms with Gasteiger partial charge in [0.15, 0.2) is 0 Å². The largest absolute Gasteiger partial charge is 0.384 e. The van der Waals surface area contributed by atoms with Crippen LogP contribution in [-0.2, 0) is 0 Å². The Kier molecular flexibility index (Phi) is 3.81. The smallest absolute Gasteiger partial charge is 0.272 e. The topological polar surface area (TPSA) is 62.5 Å². The number of carbonyl (C=O) groups is 1. The van der Waals surface area contributed by atoms with E-state index in [0.29, 0.717) is 17.6 Å². The highest BCUT2D eigenvalue weighted by atomic mass is 16.2. The molecule has 98 valence electrons. The average molecular weight is 248 g/mol. The number of carbonyl (C=O) groups excluding carboxylic acids is 1. The molecule has 18 heavy (non-hydrogen) atoms. The molecule has 1 aromatic rings. The van der Waals surface area contributed by atoms with Gasteiger partial charge in [-0.1, -0.05) is 6.07 Å². The van der Waals surface area contributed by atoms with Gasteiger partial charge in [-0.2, -0.15) is 0 Å². The van der Waals surface area contributed by atoms with Crippen LogP contribution >= 0.6 is 0 Å². The number of nitrogens with zero attached hydrogens (tertiary/aromatic N) is 3. The maximum absolute atomic E-state index is 12.3. The molecule has 0 unspecified atom stereocenters. The molecule has 1 aliphatic heterocycles. The van der Waals surface area contributed by atoms with Crippen molar-refractivity contribution in [1.29, 1.82) is 0 Å². The Morgan fingerprint density at radius 2 is 2.28 bits per heavy atom. The molecule has 1 saturated heterocycles. The SMILES string of the molecule is CN(C)[C@H]1CCCN(C(=O)c2cccc(N)n2)C1. The van der Waals surface area contributed by atoms with Crippen molar-refractivity contribution in [1.82, 2.24) is 14.8 Å². The van der Waals surface area contributed by atoms with Crippen LogP contribution in [0.4, 0.5) is 5.82 Å². The maximum atomic E-state index is 12.3. The fraction of sp³-hybridized carbons (Fsp3) is 0.538. The first-order valence-corrected chi connectivity index (χ1v) is 6.26. The molecule has 2 heterocycles. The van der Waals surface area contributed by atoms with Gasteiger partial charge in [0, 0.05) is 19.1 Å². The molecular formula is C13H20N4O. The number of likely N-dealkylation sites (tertiary alicyclic amines) is 1. The van der Waals surface area contributed by atoms with Crippen molar-refractivity contribution in [2.75, 3.05) is 32.9 Å². The first-order chi connectivity index (χ1) is 8.58. The van der Waals surface area contributed by atoms with Crippen molar-refractivity contribution >= 4 is 11.7 Å². The fourth-order valence-electron chi connectivity index (χ4n) is 2.29. The molecule has 1 amide bonds. The number of rotatable bonds is 2. The van der Waals surface area contributed by atoms with Crippen LogP contribution in [0.1, 0.15) is 23.3 Å². The van der Waals surface area contributed by atoms with Crippen molar-refractivity contribution in [3.63, 3.8) is 0 Å². The van der Waals surface area contributed by atoms with Gasteiger partial charge in [0.25, 0.3) is 5.91 Å². The molecule has 1 fully saturated rings. The summed E-state index contributed by atoms with van der Waals surface area (Å²) in [5.74, 6) is 0.371. The van der Waals surface area contributed by atoms with Gasteiger partial charge in [0.05, 0.1) is 0 Å². The highest BCUT2D eigenvalue weighted by molar-refractivity contribution is 5.92. The van der Waals surface area contributed by atoms with E-state index in [0.717, 1.165) is 25.9 Å². The van der Waals surface area contributed by atoms with Crippen LogP contribution < -0.4 is 5.73 Å². The Morgan fingerprint density at radius 1 is 1.50 bits per heavy atom. The predicted octanol–water partition coefficient (Wildman–Crippen LogP) is 0.830. The van der Waals surface area contributed by atoms with Gasteiger partial charge < -0.3 is 15.5 Å². The molecule has 0 radical (unpaired) electrons. The third kappa shape index (κ3) is 2.79. The van der Waals surface area contributed by atoms with E-state index in [-0.39, 0.29) is 5.91 Å². The van der Waals surface area contributed by atoms with Gasteiger partial charge in [-0.15, -0.1) is 0 Å². The molecule has 2 rings (SSSR count). The van der Waals surface area contributed by atoms with E-state index >= 15 is 0 Å². The number of nitrogen functional groups attached to an aromatic ring is 1. The molecule has 5 heteroatoms. The summed E-state index contributed by atoms with van der Waals surface area (Å²) in [5.41, 5.74) is 6.05. The second-order valence-corrected chi connectivity index (χ2v) is 4.96. The number of pyridine rings is 1. The molecule has 1 atom stereocenters. The summed E-state index contributed by atoms with van der Waals surface area (Å²) >= 11 is 0. The third-order valence-electron chi connectivity index (χ3n) is 3.40. The summed E-state index contributed by atoms with van der Waals surface area (Å²) in [6.07, 6.45) is 2.18. The van der Waals surface area contributed by atoms with Crippen LogP contribution in [0.15, 0.2) is 18.2 Å². The number of nitrogens with two attached hydrogens (primary N) is 1. The van der Waals surface area contributed by atoms with Crippen LogP contribution in [0.5, 0.6) is 0 Å². The summed E-state index contributed by atoms with van der Waals surface area (Å²) in [6.45, 7) is 1.57. The van der Waals surface area contributed by atoms with Crippen molar-refractivity contribution in [2.45, 2.75) is 18.9 Å². The zero-order chi connectivity index (χ0) is 13.1. The lowest BCUT2D eigenvalue weighted by Gasteiger charge is -2.35. The average Bonchev–Trinajstić information content (AvgIpc) is 2.38. The lowest BCUT2D eigenvalue weighted by atomic mass is 10.0. The van der Waals surface area contributed by atoms with Gasteiger partial charge in [-0.05, 0) is 39.1 Å². The number of hydrogen-bond donors (Lipinski definition) is 1. The number of likely N-dealkylation sites (N-methyl/N-ethyl adjacent to an activating group) is 1. The second kappa shape index (κ2) is 5.35. The summed E-state index contributed by atoms with van der Waals surface area (Å²) < 4.78 is 0. The van der Waals surface area contributed by atoms with Crippen molar-refractivity contribution in [3.8, 4) is 0 Å². The Morgan fingerprint density at radius 3 is 2.94 bits per heavy atom. The van der Waals surface area contributed by atoms with Gasteiger partial charge in [-0.25, -0.2) is 4.98 Å². The predicted molar refractivity (Wildman–Crippen MR) is 71.3 cm³/mol. The lowest BCUT2D eigenvalue weighted by molar-refractivity contribution is 0.0629. The molecule has 1 aromatic heterocycles. The van der Waals surface area contributed by atoms with Gasteiger partial charge >= 0.3 is 0 Å². The van der Waals surface area contributed by atoms with Crippen molar-refractivity contribution in [2.24, 2.45) is 0 Å². The molecule has 0 aliphatic carbocycles. The minimum absolute atomic E-state index is 0.0196. The molecule has 5 nitrogen and oxygen atoms in total. The lowest BCUT2D eigenvalue weighted by Crippen LogP contribution is -2.47. The van der Waals surface area contributed by atoms with Gasteiger partial charge in [0.1, 0.15) is 11.5 Å². The number of anilines is 1. The highest BCUT2D eigenvalue weighted by Crippen LogP contribution is 2.16. The maximum Gasteiger partial charge on any atom is 0.272 e. The highest BCUT2D eigenvalue weighted by Gasteiger charge is 2.26.